The topological polar surface area (TPSA) is 21.3 Å². The Morgan fingerprint density at radius 3 is 2.81 bits per heavy atom. The van der Waals surface area contributed by atoms with Crippen LogP contribution in [0.25, 0.3) is 0 Å². The van der Waals surface area contributed by atoms with Gasteiger partial charge in [0.25, 0.3) is 0 Å². The molecule has 0 radical (unpaired) electrons. The molecule has 0 bridgehead atoms. The zero-order valence-electron chi connectivity index (χ0n) is 12.2. The number of rotatable bonds is 7. The minimum Gasteiger partial charge on any atom is -0.488 e. The fraction of sp³-hybridized carbons (Fsp3) is 0.375. The maximum atomic E-state index is 6.09. The molecule has 2 aromatic rings. The highest BCUT2D eigenvalue weighted by molar-refractivity contribution is 9.10. The molecule has 2 rings (SSSR count). The Labute approximate surface area is 143 Å². The quantitative estimate of drug-likeness (QED) is 0.677. The van der Waals surface area contributed by atoms with Gasteiger partial charge in [0.15, 0.2) is 0 Å². The van der Waals surface area contributed by atoms with E-state index in [1.165, 1.54) is 4.88 Å². The van der Waals surface area contributed by atoms with Crippen molar-refractivity contribution in [1.29, 1.82) is 0 Å². The summed E-state index contributed by atoms with van der Waals surface area (Å²) in [4.78, 5) is 1.19. The Morgan fingerprint density at radius 2 is 2.14 bits per heavy atom. The number of benzene rings is 1. The maximum Gasteiger partial charge on any atom is 0.124 e. The van der Waals surface area contributed by atoms with E-state index in [1.807, 2.05) is 18.2 Å². The molecule has 0 aliphatic carbocycles. The van der Waals surface area contributed by atoms with Crippen molar-refractivity contribution in [1.82, 2.24) is 5.32 Å². The van der Waals surface area contributed by atoms with E-state index in [1.54, 1.807) is 11.3 Å². The second kappa shape index (κ2) is 8.18. The molecule has 0 unspecified atom stereocenters. The average molecular weight is 389 g/mol. The molecule has 0 fully saturated rings. The van der Waals surface area contributed by atoms with Crippen LogP contribution in [0.3, 0.4) is 0 Å². The van der Waals surface area contributed by atoms with E-state index in [0.717, 1.165) is 33.9 Å². The van der Waals surface area contributed by atoms with E-state index >= 15 is 0 Å². The summed E-state index contributed by atoms with van der Waals surface area (Å²) < 4.78 is 7.04. The highest BCUT2D eigenvalue weighted by Crippen LogP contribution is 2.26. The average Bonchev–Trinajstić information content (AvgIpc) is 2.83. The molecular weight excluding hydrogens is 370 g/mol. The van der Waals surface area contributed by atoms with Crippen LogP contribution in [-0.2, 0) is 13.2 Å². The fourth-order valence-corrected chi connectivity index (χ4v) is 3.46. The van der Waals surface area contributed by atoms with Crippen LogP contribution in [0.4, 0.5) is 0 Å². The Hall–Kier alpha value is -0.550. The van der Waals surface area contributed by atoms with Gasteiger partial charge in [-0.3, -0.25) is 0 Å². The van der Waals surface area contributed by atoms with Crippen LogP contribution in [0, 0.1) is 5.92 Å². The van der Waals surface area contributed by atoms with Gasteiger partial charge in [-0.25, -0.2) is 0 Å². The summed E-state index contributed by atoms with van der Waals surface area (Å²) in [7, 11) is 0. The van der Waals surface area contributed by atoms with Crippen LogP contribution >= 0.6 is 38.9 Å². The van der Waals surface area contributed by atoms with Gasteiger partial charge in [-0.2, -0.15) is 0 Å². The largest absolute Gasteiger partial charge is 0.488 e. The fourth-order valence-electron chi connectivity index (χ4n) is 1.90. The summed E-state index contributed by atoms with van der Waals surface area (Å²) in [5.74, 6) is 1.51. The molecule has 0 spiro atoms. The lowest BCUT2D eigenvalue weighted by molar-refractivity contribution is 0.305. The zero-order valence-corrected chi connectivity index (χ0v) is 15.3. The van der Waals surface area contributed by atoms with Crippen molar-refractivity contribution < 1.29 is 4.74 Å². The minimum atomic E-state index is 0.578. The summed E-state index contributed by atoms with van der Waals surface area (Å²) in [5.41, 5.74) is 1.10. The summed E-state index contributed by atoms with van der Waals surface area (Å²) in [6, 6.07) is 7.86. The molecule has 0 amide bonds. The molecule has 5 heteroatoms. The first-order valence-corrected chi connectivity index (χ1v) is 8.94. The monoisotopic (exact) mass is 387 g/mol. The third-order valence-electron chi connectivity index (χ3n) is 2.88. The van der Waals surface area contributed by atoms with Crippen LogP contribution in [-0.4, -0.2) is 6.54 Å². The second-order valence-corrected chi connectivity index (χ2v) is 7.64. The van der Waals surface area contributed by atoms with Crippen molar-refractivity contribution in [2.75, 3.05) is 6.54 Å². The van der Waals surface area contributed by atoms with E-state index in [2.05, 4.69) is 46.5 Å². The molecule has 0 saturated heterocycles. The molecular formula is C16H19BrClNOS. The minimum absolute atomic E-state index is 0.578. The van der Waals surface area contributed by atoms with E-state index in [9.17, 15) is 0 Å². The summed E-state index contributed by atoms with van der Waals surface area (Å²) in [5, 5.41) is 6.23. The summed E-state index contributed by atoms with van der Waals surface area (Å²) in [6.07, 6.45) is 0. The van der Waals surface area contributed by atoms with Crippen LogP contribution in [0.2, 0.25) is 5.02 Å². The number of thiophene rings is 1. The van der Waals surface area contributed by atoms with Gasteiger partial charge in [0.1, 0.15) is 12.4 Å². The van der Waals surface area contributed by atoms with Crippen LogP contribution in [0.15, 0.2) is 34.1 Å². The molecule has 0 aliphatic heterocycles. The van der Waals surface area contributed by atoms with Gasteiger partial charge in [-0.15, -0.1) is 11.3 Å². The third-order valence-corrected chi connectivity index (χ3v) is 4.79. The van der Waals surface area contributed by atoms with E-state index in [4.69, 9.17) is 16.3 Å². The molecule has 1 heterocycles. The normalized spacial score (nSPS) is 11.1. The van der Waals surface area contributed by atoms with Crippen LogP contribution in [0.1, 0.15) is 24.3 Å². The Balaban J connectivity index is 2.00. The summed E-state index contributed by atoms with van der Waals surface area (Å²) >= 11 is 11.2. The Morgan fingerprint density at radius 1 is 1.33 bits per heavy atom. The molecule has 114 valence electrons. The standard InChI is InChI=1S/C16H19BrClNOS/c1-11(2)7-19-8-12-5-14(18)3-4-16(12)20-9-15-6-13(17)10-21-15/h3-6,10-11,19H,7-9H2,1-2H3. The van der Waals surface area contributed by atoms with Gasteiger partial charge in [0, 0.05) is 31.9 Å². The predicted octanol–water partition coefficient (Wildman–Crippen LogP) is 5.49. The van der Waals surface area contributed by atoms with Gasteiger partial charge < -0.3 is 10.1 Å². The van der Waals surface area contributed by atoms with Crippen LogP contribution in [0.5, 0.6) is 5.75 Å². The van der Waals surface area contributed by atoms with Crippen molar-refractivity contribution in [3.63, 3.8) is 0 Å². The number of hydrogen-bond acceptors (Lipinski definition) is 3. The van der Waals surface area contributed by atoms with Crippen molar-refractivity contribution in [3.05, 3.63) is 49.6 Å². The van der Waals surface area contributed by atoms with Crippen molar-refractivity contribution in [2.45, 2.75) is 27.0 Å². The van der Waals surface area contributed by atoms with E-state index < -0.39 is 0 Å². The first-order chi connectivity index (χ1) is 10.0. The van der Waals surface area contributed by atoms with E-state index in [0.29, 0.717) is 12.5 Å². The first-order valence-electron chi connectivity index (χ1n) is 6.89. The molecule has 0 atom stereocenters. The van der Waals surface area contributed by atoms with Gasteiger partial charge in [-0.05, 0) is 52.7 Å². The van der Waals surface area contributed by atoms with Gasteiger partial charge in [0.2, 0.25) is 0 Å². The zero-order chi connectivity index (χ0) is 15.2. The van der Waals surface area contributed by atoms with E-state index in [-0.39, 0.29) is 0 Å². The second-order valence-electron chi connectivity index (χ2n) is 5.30. The molecule has 0 aliphatic rings. The number of ether oxygens (including phenoxy) is 1. The first kappa shape index (κ1) is 16.8. The number of halogens is 2. The highest BCUT2D eigenvalue weighted by Gasteiger charge is 2.07. The lowest BCUT2D eigenvalue weighted by Gasteiger charge is -2.13. The smallest absolute Gasteiger partial charge is 0.124 e. The lowest BCUT2D eigenvalue weighted by Crippen LogP contribution is -2.19. The number of nitrogens with one attached hydrogen (secondary N) is 1. The Bertz CT molecular complexity index is 585. The van der Waals surface area contributed by atoms with Gasteiger partial charge in [0.05, 0.1) is 0 Å². The lowest BCUT2D eigenvalue weighted by atomic mass is 10.2. The van der Waals surface area contributed by atoms with Gasteiger partial charge >= 0.3 is 0 Å². The molecule has 1 N–H and O–H groups in total. The predicted molar refractivity (Wildman–Crippen MR) is 94.3 cm³/mol. The molecule has 1 aromatic heterocycles. The summed E-state index contributed by atoms with van der Waals surface area (Å²) in [6.45, 7) is 6.70. The number of hydrogen-bond donors (Lipinski definition) is 1. The van der Waals surface area contributed by atoms with Gasteiger partial charge in [-0.1, -0.05) is 25.4 Å². The van der Waals surface area contributed by atoms with Crippen molar-refractivity contribution >= 4 is 38.9 Å². The maximum absolute atomic E-state index is 6.09. The third kappa shape index (κ3) is 5.62. The molecule has 0 saturated carbocycles. The van der Waals surface area contributed by atoms with Crippen LogP contribution < -0.4 is 10.1 Å². The molecule has 21 heavy (non-hydrogen) atoms. The molecule has 1 aromatic carbocycles. The molecule has 2 nitrogen and oxygen atoms in total. The Kier molecular flexibility index (Phi) is 6.55. The van der Waals surface area contributed by atoms with Crippen molar-refractivity contribution in [2.24, 2.45) is 5.92 Å². The SMILES string of the molecule is CC(C)CNCc1cc(Cl)ccc1OCc1cc(Br)cs1. The highest BCUT2D eigenvalue weighted by atomic mass is 79.9. The van der Waals surface area contributed by atoms with Crippen molar-refractivity contribution in [3.8, 4) is 5.75 Å².